The Morgan fingerprint density at radius 2 is 1.03 bits per heavy atom. The van der Waals surface area contributed by atoms with Crippen molar-refractivity contribution >= 4 is 21.8 Å². The van der Waals surface area contributed by atoms with Crippen molar-refractivity contribution in [2.24, 2.45) is 0 Å². The highest BCUT2D eigenvalue weighted by atomic mass is 16.5. The van der Waals surface area contributed by atoms with Gasteiger partial charge in [0.25, 0.3) is 0 Å². The fourth-order valence-electron chi connectivity index (χ4n) is 10.6. The van der Waals surface area contributed by atoms with E-state index in [4.69, 9.17) is 14.7 Å². The highest BCUT2D eigenvalue weighted by molar-refractivity contribution is 6.11. The third kappa shape index (κ3) is 5.41. The van der Waals surface area contributed by atoms with Crippen LogP contribution in [-0.4, -0.2) is 14.5 Å². The number of nitrogens with zero attached hydrogens (tertiary/aromatic N) is 3. The molecular formula is C59H39N3O. The monoisotopic (exact) mass is 805 g/mol. The second-order valence-electron chi connectivity index (χ2n) is 16.8. The van der Waals surface area contributed by atoms with E-state index in [2.05, 4.69) is 223 Å². The number of ether oxygens (including phenoxy) is 1. The van der Waals surface area contributed by atoms with E-state index in [1.165, 1.54) is 49.7 Å². The van der Waals surface area contributed by atoms with Crippen molar-refractivity contribution in [1.29, 1.82) is 0 Å². The van der Waals surface area contributed by atoms with Gasteiger partial charge in [-0.1, -0.05) is 158 Å². The first-order valence-electron chi connectivity index (χ1n) is 21.8. The van der Waals surface area contributed by atoms with Crippen molar-refractivity contribution in [3.8, 4) is 62.0 Å². The summed E-state index contributed by atoms with van der Waals surface area (Å²) in [5.74, 6) is 2.75. The maximum atomic E-state index is 6.63. The van der Waals surface area contributed by atoms with Crippen LogP contribution in [0.5, 0.6) is 11.5 Å². The van der Waals surface area contributed by atoms with Gasteiger partial charge in [-0.2, -0.15) is 0 Å². The molecule has 4 heteroatoms. The van der Waals surface area contributed by atoms with E-state index in [0.717, 1.165) is 68.5 Å². The molecule has 1 atom stereocenters. The summed E-state index contributed by atoms with van der Waals surface area (Å²) in [6.07, 6.45) is 9.50. The predicted octanol–water partition coefficient (Wildman–Crippen LogP) is 14.6. The largest absolute Gasteiger partial charge is 0.457 e. The van der Waals surface area contributed by atoms with Crippen molar-refractivity contribution in [2.75, 3.05) is 0 Å². The summed E-state index contributed by atoms with van der Waals surface area (Å²) in [4.78, 5) is 10.4. The maximum Gasteiger partial charge on any atom is 0.136 e. The quantitative estimate of drug-likeness (QED) is 0.174. The van der Waals surface area contributed by atoms with Gasteiger partial charge in [0.05, 0.1) is 27.8 Å². The average Bonchev–Trinajstić information content (AvgIpc) is 3.84. The first-order chi connectivity index (χ1) is 31.2. The lowest BCUT2D eigenvalue weighted by Gasteiger charge is -2.39. The van der Waals surface area contributed by atoms with Crippen LogP contribution in [0.2, 0.25) is 0 Å². The molecule has 13 rings (SSSR count). The SMILES string of the molecule is C1=CCC(c2nc(-c3ccccc3)cc(-c3ccc4c(c3)c3cc(-c5ccc6c(c5)C5(c7ccccc7Oc7ccccc75)c5ccccc5-6)ccc3n4-c3ccccc3)n2)C=C1. The molecule has 10 aromatic rings. The fourth-order valence-corrected chi connectivity index (χ4v) is 10.6. The van der Waals surface area contributed by atoms with Gasteiger partial charge in [-0.25, -0.2) is 9.97 Å². The highest BCUT2D eigenvalue weighted by Crippen LogP contribution is 2.62. The lowest BCUT2D eigenvalue weighted by molar-refractivity contribution is 0.436. The van der Waals surface area contributed by atoms with Gasteiger partial charge in [-0.3, -0.25) is 0 Å². The standard InChI is InChI=1S/C59H39N3O/c1-4-16-38(17-5-1)52-37-53(61-58(60-52)39-18-6-2-7-19-39)42-30-33-55-47(35-42)46-34-40(29-32-54(46)62(55)43-20-8-3-9-21-43)41-28-31-45-44-22-10-11-23-48(44)59(51(45)36-41)49-24-12-14-26-56(49)63-57-27-15-13-25-50(57)59/h1-18,20-37,39H,19H2. The molecule has 0 N–H and O–H groups in total. The van der Waals surface area contributed by atoms with Crippen LogP contribution in [0, 0.1) is 0 Å². The molecule has 0 saturated carbocycles. The van der Waals surface area contributed by atoms with Crippen LogP contribution in [0.15, 0.2) is 218 Å². The second kappa shape index (κ2) is 14.0. The molecule has 2 aromatic heterocycles. The van der Waals surface area contributed by atoms with E-state index in [1.54, 1.807) is 0 Å². The molecule has 3 heterocycles. The Kier molecular flexibility index (Phi) is 7.91. The van der Waals surface area contributed by atoms with Gasteiger partial charge in [-0.05, 0) is 100 Å². The second-order valence-corrected chi connectivity index (χ2v) is 16.8. The molecule has 4 nitrogen and oxygen atoms in total. The summed E-state index contributed by atoms with van der Waals surface area (Å²) >= 11 is 0. The van der Waals surface area contributed by atoms with Crippen LogP contribution in [-0.2, 0) is 5.41 Å². The van der Waals surface area contributed by atoms with Crippen molar-refractivity contribution in [2.45, 2.75) is 17.8 Å². The van der Waals surface area contributed by atoms with E-state index >= 15 is 0 Å². The van der Waals surface area contributed by atoms with Crippen LogP contribution in [0.25, 0.3) is 72.3 Å². The van der Waals surface area contributed by atoms with Crippen molar-refractivity contribution < 1.29 is 4.74 Å². The summed E-state index contributed by atoms with van der Waals surface area (Å²) in [5.41, 5.74) is 16.6. The van der Waals surface area contributed by atoms with E-state index in [-0.39, 0.29) is 5.92 Å². The molecule has 0 radical (unpaired) electrons. The minimum Gasteiger partial charge on any atom is -0.457 e. The van der Waals surface area contributed by atoms with Gasteiger partial charge >= 0.3 is 0 Å². The van der Waals surface area contributed by atoms with Crippen LogP contribution in [0.4, 0.5) is 0 Å². The molecule has 0 saturated heterocycles. The fraction of sp³-hybridized carbons (Fsp3) is 0.0508. The highest BCUT2D eigenvalue weighted by Gasteiger charge is 2.51. The lowest BCUT2D eigenvalue weighted by Crippen LogP contribution is -2.32. The zero-order chi connectivity index (χ0) is 41.5. The number of fused-ring (bicyclic) bond motifs is 12. The smallest absolute Gasteiger partial charge is 0.136 e. The Morgan fingerprint density at radius 3 is 1.75 bits per heavy atom. The topological polar surface area (TPSA) is 39.9 Å². The van der Waals surface area contributed by atoms with Crippen molar-refractivity contribution in [3.63, 3.8) is 0 Å². The number of benzene rings is 8. The third-order valence-corrected chi connectivity index (χ3v) is 13.4. The van der Waals surface area contributed by atoms with Gasteiger partial charge in [0.1, 0.15) is 17.3 Å². The van der Waals surface area contributed by atoms with E-state index in [0.29, 0.717) is 0 Å². The first kappa shape index (κ1) is 35.7. The van der Waals surface area contributed by atoms with Gasteiger partial charge in [-0.15, -0.1) is 0 Å². The molecule has 0 fully saturated rings. The molecular weight excluding hydrogens is 767 g/mol. The summed E-state index contributed by atoms with van der Waals surface area (Å²) in [6, 6.07) is 70.2. The summed E-state index contributed by atoms with van der Waals surface area (Å²) in [7, 11) is 0. The summed E-state index contributed by atoms with van der Waals surface area (Å²) in [6.45, 7) is 0. The van der Waals surface area contributed by atoms with Crippen LogP contribution >= 0.6 is 0 Å². The van der Waals surface area contributed by atoms with Crippen LogP contribution in [0.3, 0.4) is 0 Å². The molecule has 2 aliphatic carbocycles. The lowest BCUT2D eigenvalue weighted by atomic mass is 9.66. The van der Waals surface area contributed by atoms with E-state index in [9.17, 15) is 0 Å². The molecule has 0 bridgehead atoms. The number of hydrogen-bond acceptors (Lipinski definition) is 3. The Hall–Kier alpha value is -8.08. The van der Waals surface area contributed by atoms with Gasteiger partial charge in [0.2, 0.25) is 0 Å². The molecule has 1 unspecified atom stereocenters. The Morgan fingerprint density at radius 1 is 0.460 bits per heavy atom. The van der Waals surface area contributed by atoms with Crippen LogP contribution in [0.1, 0.15) is 40.4 Å². The molecule has 1 aliphatic heterocycles. The number of allylic oxidation sites excluding steroid dienone is 4. The van der Waals surface area contributed by atoms with Crippen LogP contribution < -0.4 is 4.74 Å². The molecule has 63 heavy (non-hydrogen) atoms. The average molecular weight is 806 g/mol. The minimum absolute atomic E-state index is 0.117. The zero-order valence-electron chi connectivity index (χ0n) is 34.3. The Balaban J connectivity index is 1.02. The summed E-state index contributed by atoms with van der Waals surface area (Å²) < 4.78 is 9.02. The first-order valence-corrected chi connectivity index (χ1v) is 21.8. The van der Waals surface area contributed by atoms with Gasteiger partial charge in [0, 0.05) is 44.6 Å². The van der Waals surface area contributed by atoms with E-state index < -0.39 is 5.41 Å². The summed E-state index contributed by atoms with van der Waals surface area (Å²) in [5, 5.41) is 2.36. The van der Waals surface area contributed by atoms with Gasteiger partial charge in [0.15, 0.2) is 0 Å². The number of para-hydroxylation sites is 3. The third-order valence-electron chi connectivity index (χ3n) is 13.4. The molecule has 296 valence electrons. The Labute approximate surface area is 365 Å². The normalized spacial score (nSPS) is 15.2. The zero-order valence-corrected chi connectivity index (χ0v) is 34.3. The minimum atomic E-state index is -0.533. The molecule has 0 amide bonds. The van der Waals surface area contributed by atoms with Crippen molar-refractivity contribution in [1.82, 2.24) is 14.5 Å². The Bertz CT molecular complexity index is 3480. The molecule has 8 aromatic carbocycles. The van der Waals surface area contributed by atoms with E-state index in [1.807, 2.05) is 0 Å². The van der Waals surface area contributed by atoms with Crippen molar-refractivity contribution in [3.05, 3.63) is 247 Å². The van der Waals surface area contributed by atoms with Gasteiger partial charge < -0.3 is 9.30 Å². The number of hydrogen-bond donors (Lipinski definition) is 0. The number of aromatic nitrogens is 3. The molecule has 3 aliphatic rings. The molecule has 1 spiro atoms. The predicted molar refractivity (Wildman–Crippen MR) is 256 cm³/mol. The maximum absolute atomic E-state index is 6.63. The number of rotatable bonds is 5.